The Labute approximate surface area is 110 Å². The zero-order valence-electron chi connectivity index (χ0n) is 9.75. The Bertz CT molecular complexity index is 515. The maximum absolute atomic E-state index is 5.51. The molecule has 0 fully saturated rings. The van der Waals surface area contributed by atoms with Crippen LogP contribution in [0.25, 0.3) is 0 Å². The first kappa shape index (κ1) is 12.3. The number of benzene rings is 1. The second-order valence-corrected chi connectivity index (χ2v) is 3.78. The Hall–Kier alpha value is -2.21. The van der Waals surface area contributed by atoms with Crippen molar-refractivity contribution < 1.29 is 4.74 Å². The van der Waals surface area contributed by atoms with Gasteiger partial charge in [0.1, 0.15) is 5.75 Å². The van der Waals surface area contributed by atoms with E-state index in [2.05, 4.69) is 20.8 Å². The van der Waals surface area contributed by atoms with Crippen LogP contribution < -0.4 is 15.4 Å². The van der Waals surface area contributed by atoms with Gasteiger partial charge in [0.15, 0.2) is 10.9 Å². The summed E-state index contributed by atoms with van der Waals surface area (Å²) in [6, 6.07) is 12.9. The number of anilines is 1. The third-order valence-corrected chi connectivity index (χ3v) is 2.38. The number of aromatic nitrogens is 2. The van der Waals surface area contributed by atoms with E-state index in [-0.39, 0.29) is 0 Å². The van der Waals surface area contributed by atoms with Crippen LogP contribution >= 0.6 is 12.2 Å². The fourth-order valence-electron chi connectivity index (χ4n) is 1.23. The first-order chi connectivity index (χ1) is 8.78. The third kappa shape index (κ3) is 3.39. The van der Waals surface area contributed by atoms with Gasteiger partial charge in [-0.1, -0.05) is 18.2 Å². The van der Waals surface area contributed by atoms with E-state index in [1.165, 1.54) is 0 Å². The van der Waals surface area contributed by atoms with E-state index in [4.69, 9.17) is 17.0 Å². The van der Waals surface area contributed by atoms with Crippen molar-refractivity contribution >= 4 is 23.1 Å². The van der Waals surface area contributed by atoms with E-state index in [0.717, 1.165) is 5.75 Å². The van der Waals surface area contributed by atoms with Gasteiger partial charge in [0.2, 0.25) is 5.88 Å². The summed E-state index contributed by atoms with van der Waals surface area (Å²) in [5.74, 6) is 1.72. The van der Waals surface area contributed by atoms with Crippen LogP contribution in [0.2, 0.25) is 0 Å². The summed E-state index contributed by atoms with van der Waals surface area (Å²) < 4.78 is 5.51. The molecule has 6 heteroatoms. The summed E-state index contributed by atoms with van der Waals surface area (Å²) >= 11 is 4.95. The van der Waals surface area contributed by atoms with Crippen LogP contribution in [0.5, 0.6) is 11.6 Å². The molecule has 1 aromatic carbocycles. The Kier molecular flexibility index (Phi) is 4.03. The molecule has 5 nitrogen and oxygen atoms in total. The van der Waals surface area contributed by atoms with E-state index >= 15 is 0 Å². The normalized spacial score (nSPS) is 9.61. The van der Waals surface area contributed by atoms with Gasteiger partial charge < -0.3 is 15.4 Å². The van der Waals surface area contributed by atoms with Crippen molar-refractivity contribution in [3.8, 4) is 11.6 Å². The van der Waals surface area contributed by atoms with Gasteiger partial charge in [-0.3, -0.25) is 0 Å². The van der Waals surface area contributed by atoms with Gasteiger partial charge in [0, 0.05) is 13.1 Å². The van der Waals surface area contributed by atoms with E-state index in [1.807, 2.05) is 30.3 Å². The molecule has 92 valence electrons. The van der Waals surface area contributed by atoms with Gasteiger partial charge in [0.25, 0.3) is 0 Å². The average molecular weight is 260 g/mol. The minimum Gasteiger partial charge on any atom is -0.438 e. The van der Waals surface area contributed by atoms with E-state index < -0.39 is 0 Å². The molecule has 0 atom stereocenters. The van der Waals surface area contributed by atoms with Crippen molar-refractivity contribution in [2.45, 2.75) is 0 Å². The predicted octanol–water partition coefficient (Wildman–Crippen LogP) is 2.19. The van der Waals surface area contributed by atoms with Crippen LogP contribution in [0.4, 0.5) is 5.82 Å². The molecule has 2 rings (SSSR count). The summed E-state index contributed by atoms with van der Waals surface area (Å²) in [5.41, 5.74) is 0. The van der Waals surface area contributed by atoms with Gasteiger partial charge in [-0.25, -0.2) is 0 Å². The lowest BCUT2D eigenvalue weighted by atomic mass is 10.3. The number of nitrogens with zero attached hydrogens (tertiary/aromatic N) is 2. The molecule has 2 N–H and O–H groups in total. The highest BCUT2D eigenvalue weighted by atomic mass is 32.1. The number of nitrogens with one attached hydrogen (secondary N) is 2. The van der Waals surface area contributed by atoms with Crippen LogP contribution in [0.15, 0.2) is 42.5 Å². The van der Waals surface area contributed by atoms with Gasteiger partial charge in [-0.2, -0.15) is 0 Å². The molecule has 0 aliphatic rings. The van der Waals surface area contributed by atoms with E-state index in [0.29, 0.717) is 16.8 Å². The summed E-state index contributed by atoms with van der Waals surface area (Å²) in [6.07, 6.45) is 0. The zero-order valence-corrected chi connectivity index (χ0v) is 10.6. The van der Waals surface area contributed by atoms with E-state index in [1.54, 1.807) is 19.2 Å². The summed E-state index contributed by atoms with van der Waals surface area (Å²) in [6.45, 7) is 0. The summed E-state index contributed by atoms with van der Waals surface area (Å²) in [7, 11) is 1.73. The summed E-state index contributed by atoms with van der Waals surface area (Å²) in [4.78, 5) is 0. The molecule has 1 heterocycles. The largest absolute Gasteiger partial charge is 0.438 e. The summed E-state index contributed by atoms with van der Waals surface area (Å²) in [5, 5.41) is 14.0. The van der Waals surface area contributed by atoms with Crippen molar-refractivity contribution in [3.63, 3.8) is 0 Å². The number of rotatable bonds is 3. The highest BCUT2D eigenvalue weighted by Crippen LogP contribution is 2.18. The van der Waals surface area contributed by atoms with Gasteiger partial charge >= 0.3 is 0 Å². The Morgan fingerprint density at radius 2 is 1.89 bits per heavy atom. The van der Waals surface area contributed by atoms with Crippen LogP contribution in [-0.2, 0) is 0 Å². The van der Waals surface area contributed by atoms with Crippen LogP contribution in [0.1, 0.15) is 0 Å². The topological polar surface area (TPSA) is 59.1 Å². The van der Waals surface area contributed by atoms with Crippen molar-refractivity contribution in [3.05, 3.63) is 42.5 Å². The molecule has 0 spiro atoms. The molecule has 0 saturated carbocycles. The smallest absolute Gasteiger partial charge is 0.238 e. The van der Waals surface area contributed by atoms with Crippen LogP contribution in [-0.4, -0.2) is 22.4 Å². The second-order valence-electron chi connectivity index (χ2n) is 3.38. The van der Waals surface area contributed by atoms with E-state index in [9.17, 15) is 0 Å². The number of hydrogen-bond acceptors (Lipinski definition) is 4. The zero-order chi connectivity index (χ0) is 12.8. The van der Waals surface area contributed by atoms with Crippen molar-refractivity contribution in [2.24, 2.45) is 0 Å². The van der Waals surface area contributed by atoms with Crippen LogP contribution in [0, 0.1) is 0 Å². The van der Waals surface area contributed by atoms with Gasteiger partial charge in [0.05, 0.1) is 0 Å². The molecule has 18 heavy (non-hydrogen) atoms. The molecule has 0 aliphatic carbocycles. The number of hydrogen-bond donors (Lipinski definition) is 2. The predicted molar refractivity (Wildman–Crippen MR) is 73.8 cm³/mol. The quantitative estimate of drug-likeness (QED) is 0.825. The Morgan fingerprint density at radius 3 is 2.50 bits per heavy atom. The van der Waals surface area contributed by atoms with Crippen molar-refractivity contribution in [1.82, 2.24) is 15.5 Å². The average Bonchev–Trinajstić information content (AvgIpc) is 2.42. The molecule has 0 amide bonds. The third-order valence-electron chi connectivity index (χ3n) is 2.07. The lowest BCUT2D eigenvalue weighted by molar-refractivity contribution is 0.455. The molecule has 1 aromatic heterocycles. The highest BCUT2D eigenvalue weighted by Gasteiger charge is 2.01. The SMILES string of the molecule is CNC(=S)Nc1ccc(Oc2ccccc2)nn1. The number of ether oxygens (including phenoxy) is 1. The fraction of sp³-hybridized carbons (Fsp3) is 0.0833. The molecule has 0 saturated heterocycles. The minimum atomic E-state index is 0.433. The highest BCUT2D eigenvalue weighted by molar-refractivity contribution is 7.80. The van der Waals surface area contributed by atoms with Crippen molar-refractivity contribution in [2.75, 3.05) is 12.4 Å². The molecule has 0 aliphatic heterocycles. The molecule has 0 unspecified atom stereocenters. The number of para-hydroxylation sites is 1. The lowest BCUT2D eigenvalue weighted by Crippen LogP contribution is -2.24. The van der Waals surface area contributed by atoms with Gasteiger partial charge in [-0.05, 0) is 30.4 Å². The molecule has 2 aromatic rings. The Balaban J connectivity index is 2.02. The maximum atomic E-state index is 5.51. The van der Waals surface area contributed by atoms with Gasteiger partial charge in [-0.15, -0.1) is 10.2 Å². The standard InChI is InChI=1S/C12H12N4OS/c1-13-12(18)14-10-7-8-11(16-15-10)17-9-5-3-2-4-6-9/h2-8H,1H3,(H2,13,14,15,18). The first-order valence-electron chi connectivity index (χ1n) is 5.33. The second kappa shape index (κ2) is 5.92. The Morgan fingerprint density at radius 1 is 1.11 bits per heavy atom. The molecular formula is C12H12N4OS. The fourth-order valence-corrected chi connectivity index (χ4v) is 1.33. The maximum Gasteiger partial charge on any atom is 0.238 e. The monoisotopic (exact) mass is 260 g/mol. The first-order valence-corrected chi connectivity index (χ1v) is 5.74. The molecule has 0 bridgehead atoms. The lowest BCUT2D eigenvalue weighted by Gasteiger charge is -2.06. The number of thiocarbonyl (C=S) groups is 1. The molecule has 0 radical (unpaired) electrons. The minimum absolute atomic E-state index is 0.433. The molecular weight excluding hydrogens is 248 g/mol. The van der Waals surface area contributed by atoms with Crippen LogP contribution in [0.3, 0.4) is 0 Å². The van der Waals surface area contributed by atoms with Crippen molar-refractivity contribution in [1.29, 1.82) is 0 Å².